The lowest BCUT2D eigenvalue weighted by atomic mass is 10.1. The number of amides is 2. The maximum atomic E-state index is 12.6. The molecule has 0 unspecified atom stereocenters. The number of carbonyl (C=O) groups is 3. The first-order chi connectivity index (χ1) is 13.6. The Labute approximate surface area is 168 Å². The number of likely N-dealkylation sites (tertiary alicyclic amines) is 1. The molecule has 1 N–H and O–H groups in total. The van der Waals surface area contributed by atoms with Crippen molar-refractivity contribution in [1.82, 2.24) is 4.90 Å². The summed E-state index contributed by atoms with van der Waals surface area (Å²) in [5.41, 5.74) is 1.27. The van der Waals surface area contributed by atoms with Crippen LogP contribution in [0.2, 0.25) is 5.02 Å². The van der Waals surface area contributed by atoms with E-state index in [1.807, 2.05) is 0 Å². The van der Waals surface area contributed by atoms with E-state index in [4.69, 9.17) is 16.3 Å². The molecule has 1 fully saturated rings. The summed E-state index contributed by atoms with van der Waals surface area (Å²) in [6.07, 6.45) is 3.82. The molecule has 3 rings (SSSR count). The summed E-state index contributed by atoms with van der Waals surface area (Å²) in [7, 11) is 0. The van der Waals surface area contributed by atoms with E-state index in [2.05, 4.69) is 5.32 Å². The van der Waals surface area contributed by atoms with Gasteiger partial charge >= 0.3 is 0 Å². The maximum Gasteiger partial charge on any atom is 0.262 e. The van der Waals surface area contributed by atoms with Crippen molar-refractivity contribution in [3.8, 4) is 5.75 Å². The monoisotopic (exact) mass is 400 g/mol. The van der Waals surface area contributed by atoms with Crippen LogP contribution in [0.15, 0.2) is 42.5 Å². The van der Waals surface area contributed by atoms with E-state index in [0.29, 0.717) is 33.9 Å². The lowest BCUT2D eigenvalue weighted by Gasteiger charge is -2.27. The van der Waals surface area contributed by atoms with E-state index >= 15 is 0 Å². The lowest BCUT2D eigenvalue weighted by molar-refractivity contribution is -0.118. The maximum absolute atomic E-state index is 12.6. The predicted octanol–water partition coefficient (Wildman–Crippen LogP) is 3.80. The number of para-hydroxylation sites is 1. The molecule has 1 heterocycles. The average molecular weight is 401 g/mol. The van der Waals surface area contributed by atoms with Crippen LogP contribution in [0.1, 0.15) is 40.0 Å². The number of carbonyl (C=O) groups excluding carboxylic acids is 3. The summed E-state index contributed by atoms with van der Waals surface area (Å²) in [4.78, 5) is 37.5. The Morgan fingerprint density at radius 2 is 1.86 bits per heavy atom. The second-order valence-electron chi connectivity index (χ2n) is 6.54. The van der Waals surface area contributed by atoms with Crippen LogP contribution < -0.4 is 10.1 Å². The summed E-state index contributed by atoms with van der Waals surface area (Å²) >= 11 is 6.27. The third-order valence-corrected chi connectivity index (χ3v) is 4.84. The first-order valence-corrected chi connectivity index (χ1v) is 9.52. The third-order valence-electron chi connectivity index (χ3n) is 4.53. The first-order valence-electron chi connectivity index (χ1n) is 9.14. The normalized spacial score (nSPS) is 13.7. The molecule has 0 saturated carbocycles. The highest BCUT2D eigenvalue weighted by Crippen LogP contribution is 2.24. The van der Waals surface area contributed by atoms with Gasteiger partial charge in [0.2, 0.25) is 0 Å². The van der Waals surface area contributed by atoms with Crippen LogP contribution >= 0.6 is 11.6 Å². The first kappa shape index (κ1) is 19.9. The molecule has 146 valence electrons. The number of piperidine rings is 1. The van der Waals surface area contributed by atoms with Crippen molar-refractivity contribution in [2.75, 3.05) is 25.0 Å². The van der Waals surface area contributed by atoms with Crippen molar-refractivity contribution in [1.29, 1.82) is 0 Å². The molecule has 1 aliphatic heterocycles. The SMILES string of the molecule is O=Cc1ccccc1OCC(=O)Nc1ccc(C(=O)N2CCCCC2)c(Cl)c1. The standard InChI is InChI=1S/C21H21ClN2O4/c22-18-12-16(8-9-17(18)21(27)24-10-4-1-5-11-24)23-20(26)14-28-19-7-3-2-6-15(19)13-25/h2-3,6-9,12-13H,1,4-5,10-11,14H2,(H,23,26). The fourth-order valence-electron chi connectivity index (χ4n) is 3.08. The minimum atomic E-state index is -0.396. The Kier molecular flexibility index (Phi) is 6.66. The molecular weight excluding hydrogens is 380 g/mol. The van der Waals surface area contributed by atoms with Crippen molar-refractivity contribution in [3.05, 3.63) is 58.6 Å². The smallest absolute Gasteiger partial charge is 0.262 e. The van der Waals surface area contributed by atoms with Crippen molar-refractivity contribution in [3.63, 3.8) is 0 Å². The van der Waals surface area contributed by atoms with Crippen LogP contribution in [0.4, 0.5) is 5.69 Å². The highest BCUT2D eigenvalue weighted by atomic mass is 35.5. The van der Waals surface area contributed by atoms with Gasteiger partial charge in [-0.3, -0.25) is 14.4 Å². The topological polar surface area (TPSA) is 75.7 Å². The molecule has 28 heavy (non-hydrogen) atoms. The van der Waals surface area contributed by atoms with Gasteiger partial charge < -0.3 is 15.0 Å². The second kappa shape index (κ2) is 9.37. The number of hydrogen-bond donors (Lipinski definition) is 1. The zero-order valence-electron chi connectivity index (χ0n) is 15.3. The number of benzene rings is 2. The van der Waals surface area contributed by atoms with Crippen LogP contribution in [0.3, 0.4) is 0 Å². The number of rotatable bonds is 6. The molecule has 0 spiro atoms. The Morgan fingerprint density at radius 1 is 1.11 bits per heavy atom. The quantitative estimate of drug-likeness (QED) is 0.748. The number of nitrogens with one attached hydrogen (secondary N) is 1. The Hall–Kier alpha value is -2.86. The molecule has 2 amide bonds. The number of nitrogens with zero attached hydrogens (tertiary/aromatic N) is 1. The second-order valence-corrected chi connectivity index (χ2v) is 6.95. The third kappa shape index (κ3) is 4.89. The fourth-order valence-corrected chi connectivity index (χ4v) is 3.34. The van der Waals surface area contributed by atoms with Crippen molar-refractivity contribution < 1.29 is 19.1 Å². The van der Waals surface area contributed by atoms with Gasteiger partial charge in [0.15, 0.2) is 12.9 Å². The number of halogens is 1. The van der Waals surface area contributed by atoms with E-state index in [9.17, 15) is 14.4 Å². The molecular formula is C21H21ClN2O4. The van der Waals surface area contributed by atoms with Gasteiger partial charge in [-0.25, -0.2) is 0 Å². The summed E-state index contributed by atoms with van der Waals surface area (Å²) in [5, 5.41) is 2.97. The van der Waals surface area contributed by atoms with Crippen LogP contribution in [-0.2, 0) is 4.79 Å². The number of ether oxygens (including phenoxy) is 1. The molecule has 1 aliphatic rings. The average Bonchev–Trinajstić information content (AvgIpc) is 2.72. The van der Waals surface area contributed by atoms with Gasteiger partial charge in [-0.2, -0.15) is 0 Å². The summed E-state index contributed by atoms with van der Waals surface area (Å²) in [6.45, 7) is 1.23. The van der Waals surface area contributed by atoms with Crippen molar-refractivity contribution in [2.45, 2.75) is 19.3 Å². The zero-order chi connectivity index (χ0) is 19.9. The van der Waals surface area contributed by atoms with E-state index < -0.39 is 5.91 Å². The summed E-state index contributed by atoms with van der Waals surface area (Å²) in [6, 6.07) is 11.5. The Morgan fingerprint density at radius 3 is 2.57 bits per heavy atom. The molecule has 0 atom stereocenters. The van der Waals surface area contributed by atoms with Crippen LogP contribution in [0.5, 0.6) is 5.75 Å². The zero-order valence-corrected chi connectivity index (χ0v) is 16.1. The van der Waals surface area contributed by atoms with E-state index in [1.54, 1.807) is 47.4 Å². The highest BCUT2D eigenvalue weighted by molar-refractivity contribution is 6.34. The van der Waals surface area contributed by atoms with E-state index in [1.165, 1.54) is 0 Å². The van der Waals surface area contributed by atoms with E-state index in [-0.39, 0.29) is 12.5 Å². The van der Waals surface area contributed by atoms with Crippen LogP contribution in [0, 0.1) is 0 Å². The van der Waals surface area contributed by atoms with Gasteiger partial charge in [-0.05, 0) is 49.6 Å². The number of hydrogen-bond acceptors (Lipinski definition) is 4. The Balaban J connectivity index is 1.59. The minimum Gasteiger partial charge on any atom is -0.483 e. The fraction of sp³-hybridized carbons (Fsp3) is 0.286. The largest absolute Gasteiger partial charge is 0.483 e. The molecule has 0 aromatic heterocycles. The van der Waals surface area contributed by atoms with E-state index in [0.717, 1.165) is 32.4 Å². The highest BCUT2D eigenvalue weighted by Gasteiger charge is 2.20. The number of aldehydes is 1. The molecule has 1 saturated heterocycles. The molecule has 0 bridgehead atoms. The predicted molar refractivity (Wildman–Crippen MR) is 107 cm³/mol. The van der Waals surface area contributed by atoms with Crippen molar-refractivity contribution >= 4 is 35.4 Å². The van der Waals surface area contributed by atoms with Gasteiger partial charge in [0.25, 0.3) is 11.8 Å². The summed E-state index contributed by atoms with van der Waals surface area (Å²) in [5.74, 6) is -0.142. The molecule has 2 aromatic rings. The molecule has 0 radical (unpaired) electrons. The number of anilines is 1. The molecule has 2 aromatic carbocycles. The Bertz CT molecular complexity index is 878. The molecule has 7 heteroatoms. The molecule has 6 nitrogen and oxygen atoms in total. The van der Waals surface area contributed by atoms with Gasteiger partial charge in [-0.1, -0.05) is 23.7 Å². The van der Waals surface area contributed by atoms with Gasteiger partial charge in [0.05, 0.1) is 16.1 Å². The van der Waals surface area contributed by atoms with Gasteiger partial charge in [0.1, 0.15) is 5.75 Å². The molecule has 0 aliphatic carbocycles. The van der Waals surface area contributed by atoms with Crippen molar-refractivity contribution in [2.24, 2.45) is 0 Å². The minimum absolute atomic E-state index is 0.0867. The van der Waals surface area contributed by atoms with Crippen LogP contribution in [0.25, 0.3) is 0 Å². The van der Waals surface area contributed by atoms with Gasteiger partial charge in [-0.15, -0.1) is 0 Å². The lowest BCUT2D eigenvalue weighted by Crippen LogP contribution is -2.35. The van der Waals surface area contributed by atoms with Gasteiger partial charge in [0, 0.05) is 18.8 Å². The summed E-state index contributed by atoms with van der Waals surface area (Å²) < 4.78 is 5.40. The van der Waals surface area contributed by atoms with Crippen LogP contribution in [-0.4, -0.2) is 42.7 Å².